The van der Waals surface area contributed by atoms with Gasteiger partial charge in [-0.15, -0.1) is 5.10 Å². The fraction of sp³-hybridized carbons (Fsp3) is 0.318. The summed E-state index contributed by atoms with van der Waals surface area (Å²) in [5.41, 5.74) is 1.45. The van der Waals surface area contributed by atoms with Crippen LogP contribution in [0.4, 0.5) is 0 Å². The number of ether oxygens (including phenoxy) is 1. The molecule has 0 saturated carbocycles. The van der Waals surface area contributed by atoms with E-state index in [1.165, 1.54) is 0 Å². The molecule has 1 unspecified atom stereocenters. The van der Waals surface area contributed by atoms with Gasteiger partial charge < -0.3 is 9.72 Å². The van der Waals surface area contributed by atoms with Gasteiger partial charge in [-0.2, -0.15) is 4.68 Å². The van der Waals surface area contributed by atoms with Gasteiger partial charge in [0.1, 0.15) is 5.82 Å². The molecule has 1 aliphatic heterocycles. The first-order chi connectivity index (χ1) is 15.3. The number of aromatic nitrogens is 6. The molecular formula is C22H23N7O2. The molecular weight excluding hydrogens is 394 g/mol. The molecule has 0 amide bonds. The molecule has 1 saturated heterocycles. The summed E-state index contributed by atoms with van der Waals surface area (Å²) >= 11 is 0. The predicted octanol–water partition coefficient (Wildman–Crippen LogP) is 2.08. The van der Waals surface area contributed by atoms with E-state index < -0.39 is 0 Å². The third kappa shape index (κ3) is 4.37. The fourth-order valence-electron chi connectivity index (χ4n) is 3.96. The van der Waals surface area contributed by atoms with E-state index in [9.17, 15) is 4.79 Å². The highest BCUT2D eigenvalue weighted by molar-refractivity contribution is 5.77. The van der Waals surface area contributed by atoms with Crippen LogP contribution < -0.4 is 5.56 Å². The maximum atomic E-state index is 12.5. The smallest absolute Gasteiger partial charge is 0.258 e. The van der Waals surface area contributed by atoms with Crippen LogP contribution >= 0.6 is 0 Å². The van der Waals surface area contributed by atoms with Crippen molar-refractivity contribution < 1.29 is 4.74 Å². The molecule has 1 atom stereocenters. The number of tetrazole rings is 1. The number of nitrogens with one attached hydrogen (secondary N) is 1. The van der Waals surface area contributed by atoms with Crippen LogP contribution in [0.25, 0.3) is 16.6 Å². The fourth-order valence-corrected chi connectivity index (χ4v) is 3.96. The van der Waals surface area contributed by atoms with E-state index in [4.69, 9.17) is 4.74 Å². The van der Waals surface area contributed by atoms with Crippen molar-refractivity contribution >= 4 is 10.9 Å². The molecule has 4 aromatic rings. The van der Waals surface area contributed by atoms with Gasteiger partial charge in [-0.25, -0.2) is 4.98 Å². The lowest BCUT2D eigenvalue weighted by atomic mass is 10.2. The minimum atomic E-state index is -0.133. The highest BCUT2D eigenvalue weighted by Gasteiger charge is 2.22. The summed E-state index contributed by atoms with van der Waals surface area (Å²) in [5.74, 6) is 1.33. The zero-order valence-corrected chi connectivity index (χ0v) is 17.0. The summed E-state index contributed by atoms with van der Waals surface area (Å²) in [5, 5.41) is 12.9. The lowest BCUT2D eigenvalue weighted by Gasteiger charge is -2.24. The Morgan fingerprint density at radius 1 is 1.10 bits per heavy atom. The highest BCUT2D eigenvalue weighted by atomic mass is 16.5. The topological polar surface area (TPSA) is 102 Å². The van der Waals surface area contributed by atoms with Gasteiger partial charge in [0.15, 0.2) is 5.82 Å². The molecule has 1 fully saturated rings. The summed E-state index contributed by atoms with van der Waals surface area (Å²) in [6, 6.07) is 17.2. The number of hydrogen-bond acceptors (Lipinski definition) is 7. The molecule has 2 aromatic heterocycles. The number of hydrogen-bond donors (Lipinski definition) is 1. The van der Waals surface area contributed by atoms with E-state index in [1.807, 2.05) is 48.5 Å². The molecule has 1 N–H and O–H groups in total. The average molecular weight is 417 g/mol. The molecule has 3 heterocycles. The van der Waals surface area contributed by atoms with Crippen LogP contribution in [-0.2, 0) is 17.8 Å². The molecule has 1 aliphatic rings. The summed E-state index contributed by atoms with van der Waals surface area (Å²) in [4.78, 5) is 22.3. The molecule has 0 spiro atoms. The number of para-hydroxylation sites is 2. The first kappa shape index (κ1) is 19.5. The molecule has 0 radical (unpaired) electrons. The third-order valence-electron chi connectivity index (χ3n) is 5.42. The summed E-state index contributed by atoms with van der Waals surface area (Å²) in [7, 11) is 0. The zero-order valence-electron chi connectivity index (χ0n) is 17.0. The quantitative estimate of drug-likeness (QED) is 0.491. The lowest BCUT2D eigenvalue weighted by Crippen LogP contribution is -2.33. The standard InChI is InChI=1S/C22H23N7O2/c30-22-18-10-4-5-11-19(18)23-20(24-22)14-28(13-17-9-6-12-31-17)15-21-25-26-27-29(21)16-7-2-1-3-8-16/h1-5,7-8,10-11,17H,6,9,12-15H2,(H,23,24,30). The van der Waals surface area contributed by atoms with Crippen LogP contribution in [0.1, 0.15) is 24.5 Å². The number of fused-ring (bicyclic) bond motifs is 1. The van der Waals surface area contributed by atoms with Gasteiger partial charge >= 0.3 is 0 Å². The number of benzene rings is 2. The van der Waals surface area contributed by atoms with Crippen molar-refractivity contribution in [2.75, 3.05) is 13.2 Å². The van der Waals surface area contributed by atoms with Crippen LogP contribution in [0.3, 0.4) is 0 Å². The van der Waals surface area contributed by atoms with Crippen LogP contribution in [0.2, 0.25) is 0 Å². The zero-order chi connectivity index (χ0) is 21.0. The number of rotatable bonds is 7. The first-order valence-corrected chi connectivity index (χ1v) is 10.4. The van der Waals surface area contributed by atoms with Crippen LogP contribution in [0.5, 0.6) is 0 Å². The Labute approximate surface area is 178 Å². The van der Waals surface area contributed by atoms with Crippen molar-refractivity contribution in [3.05, 3.63) is 76.6 Å². The van der Waals surface area contributed by atoms with Crippen molar-refractivity contribution in [1.29, 1.82) is 0 Å². The first-order valence-electron chi connectivity index (χ1n) is 10.4. The molecule has 0 aliphatic carbocycles. The van der Waals surface area contributed by atoms with E-state index in [1.54, 1.807) is 10.7 Å². The molecule has 9 nitrogen and oxygen atoms in total. The minimum Gasteiger partial charge on any atom is -0.377 e. The van der Waals surface area contributed by atoms with Crippen molar-refractivity contribution in [3.8, 4) is 5.69 Å². The van der Waals surface area contributed by atoms with Crippen molar-refractivity contribution in [1.82, 2.24) is 35.1 Å². The van der Waals surface area contributed by atoms with Crippen molar-refractivity contribution in [2.24, 2.45) is 0 Å². The Hall–Kier alpha value is -3.43. The molecule has 9 heteroatoms. The molecule has 5 rings (SSSR count). The van der Waals surface area contributed by atoms with Crippen molar-refractivity contribution in [2.45, 2.75) is 32.0 Å². The second-order valence-electron chi connectivity index (χ2n) is 7.68. The van der Waals surface area contributed by atoms with Gasteiger partial charge in [0, 0.05) is 13.2 Å². The van der Waals surface area contributed by atoms with Crippen LogP contribution in [0.15, 0.2) is 59.4 Å². The van der Waals surface area contributed by atoms with Gasteiger partial charge in [0.25, 0.3) is 5.56 Å². The molecule has 0 bridgehead atoms. The van der Waals surface area contributed by atoms with E-state index in [0.717, 1.165) is 25.1 Å². The number of nitrogens with zero attached hydrogens (tertiary/aromatic N) is 6. The second-order valence-corrected chi connectivity index (χ2v) is 7.68. The Morgan fingerprint density at radius 3 is 2.77 bits per heavy atom. The average Bonchev–Trinajstić information content (AvgIpc) is 3.47. The Balaban J connectivity index is 1.43. The van der Waals surface area contributed by atoms with Gasteiger partial charge in [-0.3, -0.25) is 9.69 Å². The summed E-state index contributed by atoms with van der Waals surface area (Å²) in [6.07, 6.45) is 2.22. The number of H-pyrrole nitrogens is 1. The Bertz CT molecular complexity index is 1220. The summed E-state index contributed by atoms with van der Waals surface area (Å²) < 4.78 is 7.59. The van der Waals surface area contributed by atoms with Crippen molar-refractivity contribution in [3.63, 3.8) is 0 Å². The highest BCUT2D eigenvalue weighted by Crippen LogP contribution is 2.17. The molecule has 31 heavy (non-hydrogen) atoms. The van der Waals surface area contributed by atoms with E-state index >= 15 is 0 Å². The number of aromatic amines is 1. The third-order valence-corrected chi connectivity index (χ3v) is 5.42. The van der Waals surface area contributed by atoms with Gasteiger partial charge in [-0.05, 0) is 47.5 Å². The van der Waals surface area contributed by atoms with E-state index in [2.05, 4.69) is 30.4 Å². The van der Waals surface area contributed by atoms with E-state index in [0.29, 0.717) is 42.2 Å². The second kappa shape index (κ2) is 8.75. The SMILES string of the molecule is O=c1[nH]c(CN(Cc2nnnn2-c2ccccc2)CC2CCCO2)nc2ccccc12. The van der Waals surface area contributed by atoms with Crippen LogP contribution in [0, 0.1) is 0 Å². The predicted molar refractivity (Wildman–Crippen MR) is 115 cm³/mol. The molecule has 158 valence electrons. The van der Waals surface area contributed by atoms with Crippen LogP contribution in [-0.4, -0.2) is 54.3 Å². The maximum absolute atomic E-state index is 12.5. The Kier molecular flexibility index (Phi) is 5.51. The van der Waals surface area contributed by atoms with Gasteiger partial charge in [-0.1, -0.05) is 30.3 Å². The van der Waals surface area contributed by atoms with Gasteiger partial charge in [0.2, 0.25) is 0 Å². The van der Waals surface area contributed by atoms with Gasteiger partial charge in [0.05, 0.1) is 35.8 Å². The largest absolute Gasteiger partial charge is 0.377 e. The van der Waals surface area contributed by atoms with E-state index in [-0.39, 0.29) is 11.7 Å². The summed E-state index contributed by atoms with van der Waals surface area (Å²) in [6.45, 7) is 2.45. The Morgan fingerprint density at radius 2 is 1.94 bits per heavy atom. The normalized spacial score (nSPS) is 16.4. The minimum absolute atomic E-state index is 0.133. The lowest BCUT2D eigenvalue weighted by molar-refractivity contribution is 0.0658. The molecule has 2 aromatic carbocycles. The maximum Gasteiger partial charge on any atom is 0.258 e. The monoisotopic (exact) mass is 417 g/mol.